The molecule has 1 aliphatic carbocycles. The molecular weight excluding hydrogens is 258 g/mol. The monoisotopic (exact) mass is 273 g/mol. The molecule has 0 aromatic heterocycles. The Bertz CT molecular complexity index is 616. The number of carbonyl (C=O) groups excluding carboxylic acids is 1. The van der Waals surface area contributed by atoms with Gasteiger partial charge in [0.05, 0.1) is 5.69 Å². The fourth-order valence-corrected chi connectivity index (χ4v) is 2.42. The summed E-state index contributed by atoms with van der Waals surface area (Å²) < 4.78 is 5.37. The van der Waals surface area contributed by atoms with E-state index in [4.69, 9.17) is 9.84 Å². The van der Waals surface area contributed by atoms with Crippen LogP contribution < -0.4 is 9.64 Å². The number of nitrogens with zero attached hydrogens (tertiary/aromatic N) is 1. The molecule has 5 heteroatoms. The second kappa shape index (κ2) is 4.67. The number of hydrogen-bond acceptors (Lipinski definition) is 3. The first-order valence-electron chi connectivity index (χ1n) is 6.54. The van der Waals surface area contributed by atoms with Gasteiger partial charge < -0.3 is 14.7 Å². The Kier molecular flexibility index (Phi) is 2.97. The Balaban J connectivity index is 2.03. The third-order valence-corrected chi connectivity index (χ3v) is 3.68. The molecule has 104 valence electrons. The van der Waals surface area contributed by atoms with Crippen LogP contribution in [0.15, 0.2) is 24.3 Å². The molecule has 1 amide bonds. The van der Waals surface area contributed by atoms with Crippen molar-refractivity contribution in [2.24, 2.45) is 5.92 Å². The van der Waals surface area contributed by atoms with Crippen molar-refractivity contribution >= 4 is 23.1 Å². The molecule has 1 fully saturated rings. The molecule has 1 aromatic carbocycles. The predicted molar refractivity (Wildman–Crippen MR) is 73.7 cm³/mol. The molecule has 0 bridgehead atoms. The highest BCUT2D eigenvalue weighted by molar-refractivity contribution is 5.98. The van der Waals surface area contributed by atoms with Crippen LogP contribution in [0.2, 0.25) is 0 Å². The zero-order valence-electron chi connectivity index (χ0n) is 11.1. The van der Waals surface area contributed by atoms with Crippen molar-refractivity contribution in [2.75, 3.05) is 18.6 Å². The predicted octanol–water partition coefficient (Wildman–Crippen LogP) is 1.92. The third kappa shape index (κ3) is 2.27. The van der Waals surface area contributed by atoms with E-state index in [0.717, 1.165) is 24.0 Å². The summed E-state index contributed by atoms with van der Waals surface area (Å²) in [6, 6.07) is 5.49. The lowest BCUT2D eigenvalue weighted by Gasteiger charge is -2.26. The van der Waals surface area contributed by atoms with Gasteiger partial charge in [-0.3, -0.25) is 4.79 Å². The van der Waals surface area contributed by atoms with E-state index in [1.807, 2.05) is 12.1 Å². The lowest BCUT2D eigenvalue weighted by atomic mass is 9.99. The second-order valence-corrected chi connectivity index (χ2v) is 5.14. The molecule has 0 unspecified atom stereocenters. The number of carboxylic acids is 1. The summed E-state index contributed by atoms with van der Waals surface area (Å²) in [6.45, 7) is 0.0449. The first-order chi connectivity index (χ1) is 9.56. The van der Waals surface area contributed by atoms with Crippen molar-refractivity contribution in [3.05, 3.63) is 29.8 Å². The highest BCUT2D eigenvalue weighted by Gasteiger charge is 2.29. The molecule has 1 aromatic rings. The fraction of sp³-hybridized carbons (Fsp3) is 0.333. The van der Waals surface area contributed by atoms with Gasteiger partial charge in [-0.25, -0.2) is 4.79 Å². The molecule has 0 saturated heterocycles. The van der Waals surface area contributed by atoms with Crippen LogP contribution >= 0.6 is 0 Å². The van der Waals surface area contributed by atoms with Gasteiger partial charge in [0, 0.05) is 13.1 Å². The summed E-state index contributed by atoms with van der Waals surface area (Å²) in [6.07, 6.45) is 3.30. The zero-order valence-corrected chi connectivity index (χ0v) is 11.1. The smallest absolute Gasteiger partial charge is 0.328 e. The summed E-state index contributed by atoms with van der Waals surface area (Å²) in [5, 5.41) is 8.99. The highest BCUT2D eigenvalue weighted by atomic mass is 16.5. The molecule has 20 heavy (non-hydrogen) atoms. The molecule has 5 nitrogen and oxygen atoms in total. The van der Waals surface area contributed by atoms with Crippen LogP contribution in [0.3, 0.4) is 0 Å². The molecule has 2 aliphatic rings. The van der Waals surface area contributed by atoms with E-state index in [0.29, 0.717) is 17.4 Å². The van der Waals surface area contributed by atoms with Crippen LogP contribution in [0.4, 0.5) is 5.69 Å². The molecule has 1 N–H and O–H groups in total. The number of allylic oxidation sites excluding steroid dienone is 1. The maximum Gasteiger partial charge on any atom is 0.328 e. The number of carbonyl (C=O) groups is 2. The number of amides is 1. The summed E-state index contributed by atoms with van der Waals surface area (Å²) in [5.74, 6) is -0.0777. The van der Waals surface area contributed by atoms with Gasteiger partial charge >= 0.3 is 5.97 Å². The molecule has 0 spiro atoms. The Hall–Kier alpha value is -2.30. The Morgan fingerprint density at radius 3 is 2.85 bits per heavy atom. The number of rotatable bonds is 3. The number of ether oxygens (including phenoxy) is 1. The van der Waals surface area contributed by atoms with Crippen molar-refractivity contribution in [1.82, 2.24) is 0 Å². The van der Waals surface area contributed by atoms with Crippen molar-refractivity contribution in [1.29, 1.82) is 0 Å². The number of hydrogen-bond donors (Lipinski definition) is 1. The van der Waals surface area contributed by atoms with E-state index in [9.17, 15) is 9.59 Å². The Morgan fingerprint density at radius 2 is 2.20 bits per heavy atom. The quantitative estimate of drug-likeness (QED) is 0.854. The van der Waals surface area contributed by atoms with E-state index in [1.54, 1.807) is 18.0 Å². The van der Waals surface area contributed by atoms with Gasteiger partial charge in [0.25, 0.3) is 5.91 Å². The maximum atomic E-state index is 11.7. The number of fused-ring (bicyclic) bond motifs is 1. The number of benzene rings is 1. The van der Waals surface area contributed by atoms with Crippen LogP contribution in [0.1, 0.15) is 18.4 Å². The average molecular weight is 273 g/mol. The van der Waals surface area contributed by atoms with Crippen molar-refractivity contribution in [3.8, 4) is 5.75 Å². The van der Waals surface area contributed by atoms with Gasteiger partial charge in [-0.05, 0) is 42.0 Å². The van der Waals surface area contributed by atoms with E-state index in [-0.39, 0.29) is 12.5 Å². The number of aliphatic carboxylic acids is 1. The van der Waals surface area contributed by atoms with Crippen LogP contribution in [0.5, 0.6) is 5.75 Å². The normalized spacial score (nSPS) is 18.6. The van der Waals surface area contributed by atoms with Crippen LogP contribution in [-0.4, -0.2) is 30.6 Å². The largest absolute Gasteiger partial charge is 0.482 e. The summed E-state index contributed by atoms with van der Waals surface area (Å²) in [4.78, 5) is 24.2. The minimum absolute atomic E-state index is 0.0449. The fourth-order valence-electron chi connectivity index (χ4n) is 2.42. The summed E-state index contributed by atoms with van der Waals surface area (Å²) in [7, 11) is 1.70. The van der Waals surface area contributed by atoms with Crippen LogP contribution in [0.25, 0.3) is 5.57 Å². The minimum atomic E-state index is -0.940. The maximum absolute atomic E-state index is 11.7. The average Bonchev–Trinajstić information content (AvgIpc) is 3.24. The first kappa shape index (κ1) is 12.7. The second-order valence-electron chi connectivity index (χ2n) is 5.14. The third-order valence-electron chi connectivity index (χ3n) is 3.68. The van der Waals surface area contributed by atoms with E-state index in [1.165, 1.54) is 6.08 Å². The summed E-state index contributed by atoms with van der Waals surface area (Å²) >= 11 is 0. The zero-order chi connectivity index (χ0) is 14.3. The molecule has 0 radical (unpaired) electrons. The van der Waals surface area contributed by atoms with Gasteiger partial charge in [0.15, 0.2) is 6.61 Å². The molecule has 1 aliphatic heterocycles. The van der Waals surface area contributed by atoms with Crippen molar-refractivity contribution < 1.29 is 19.4 Å². The molecule has 0 atom stereocenters. The lowest BCUT2D eigenvalue weighted by Crippen LogP contribution is -2.35. The molecule has 1 saturated carbocycles. The van der Waals surface area contributed by atoms with E-state index < -0.39 is 5.97 Å². The molecule has 3 rings (SSSR count). The van der Waals surface area contributed by atoms with E-state index in [2.05, 4.69) is 0 Å². The van der Waals surface area contributed by atoms with Gasteiger partial charge in [0.1, 0.15) is 5.75 Å². The molecular formula is C15H15NO4. The standard InChI is InChI=1S/C15H15NO4/c1-16-12-6-10(4-5-13(12)20-8-14(16)17)11(7-15(18)19)9-2-3-9/h4-7,9H,2-3,8H2,1H3,(H,18,19)/b11-7+. The van der Waals surface area contributed by atoms with Gasteiger partial charge in [-0.2, -0.15) is 0 Å². The highest BCUT2D eigenvalue weighted by Crippen LogP contribution is 2.44. The van der Waals surface area contributed by atoms with E-state index >= 15 is 0 Å². The lowest BCUT2D eigenvalue weighted by molar-refractivity contribution is -0.131. The minimum Gasteiger partial charge on any atom is -0.482 e. The number of likely N-dealkylation sites (N-methyl/N-ethyl adjacent to an activating group) is 1. The Labute approximate surface area is 116 Å². The van der Waals surface area contributed by atoms with Crippen LogP contribution in [0, 0.1) is 5.92 Å². The number of anilines is 1. The SMILES string of the molecule is CN1C(=O)COc2ccc(/C(=C/C(=O)O)C3CC3)cc21. The topological polar surface area (TPSA) is 66.8 Å². The van der Waals surface area contributed by atoms with Gasteiger partial charge in [-0.15, -0.1) is 0 Å². The first-order valence-corrected chi connectivity index (χ1v) is 6.54. The van der Waals surface area contributed by atoms with Crippen molar-refractivity contribution in [2.45, 2.75) is 12.8 Å². The van der Waals surface area contributed by atoms with Crippen molar-refractivity contribution in [3.63, 3.8) is 0 Å². The number of carboxylic acid groups (broad SMARTS) is 1. The molecule has 1 heterocycles. The summed E-state index contributed by atoms with van der Waals surface area (Å²) in [5.41, 5.74) is 2.36. The van der Waals surface area contributed by atoms with Gasteiger partial charge in [0.2, 0.25) is 0 Å². The van der Waals surface area contributed by atoms with Gasteiger partial charge in [-0.1, -0.05) is 6.07 Å². The Morgan fingerprint density at radius 1 is 1.45 bits per heavy atom. The van der Waals surface area contributed by atoms with Crippen LogP contribution in [-0.2, 0) is 9.59 Å².